The second-order valence-electron chi connectivity index (χ2n) is 8.12. The Kier molecular flexibility index (Phi) is 8.61. The van der Waals surface area contributed by atoms with Gasteiger partial charge in [-0.05, 0) is 36.2 Å². The molecule has 184 valence electrons. The summed E-state index contributed by atoms with van der Waals surface area (Å²) in [5.74, 6) is 0.690. The molecule has 0 radical (unpaired) electrons. The number of aliphatic hydroxyl groups is 1. The number of nitrogen functional groups attached to an aromatic ring is 1. The lowest BCUT2D eigenvalue weighted by Crippen LogP contribution is -2.16. The van der Waals surface area contributed by atoms with Gasteiger partial charge in [0.15, 0.2) is 0 Å². The number of benzene rings is 1. The molecule has 2 aromatic heterocycles. The minimum absolute atomic E-state index is 0.125. The van der Waals surface area contributed by atoms with Crippen molar-refractivity contribution >= 4 is 48.7 Å². The number of ether oxygens (including phenoxy) is 1. The van der Waals surface area contributed by atoms with Gasteiger partial charge in [0.2, 0.25) is 0 Å². The molecule has 0 amide bonds. The average Bonchev–Trinajstić information content (AvgIpc) is 3.39. The lowest BCUT2D eigenvalue weighted by molar-refractivity contribution is -0.0280. The van der Waals surface area contributed by atoms with Crippen LogP contribution in [0.1, 0.15) is 37.7 Å². The zero-order chi connectivity index (χ0) is 24.2. The van der Waals surface area contributed by atoms with Crippen LogP contribution in [0.5, 0.6) is 0 Å². The molecule has 1 fully saturated rings. The number of rotatable bonds is 10. The van der Waals surface area contributed by atoms with Gasteiger partial charge in [0.25, 0.3) is 0 Å². The maximum absolute atomic E-state index is 10.4. The van der Waals surface area contributed by atoms with Gasteiger partial charge >= 0.3 is 8.60 Å². The fourth-order valence-corrected chi connectivity index (χ4v) is 5.39. The summed E-state index contributed by atoms with van der Waals surface area (Å²) in [6, 6.07) is 6.87. The Morgan fingerprint density at radius 1 is 1.26 bits per heavy atom. The zero-order valence-corrected chi connectivity index (χ0v) is 21.2. The first-order valence-corrected chi connectivity index (χ1v) is 12.7. The first-order chi connectivity index (χ1) is 16.4. The van der Waals surface area contributed by atoms with Crippen molar-refractivity contribution in [2.24, 2.45) is 5.92 Å². The minimum atomic E-state index is -1.58. The molecule has 1 saturated heterocycles. The van der Waals surface area contributed by atoms with Gasteiger partial charge in [0.1, 0.15) is 24.0 Å². The number of hydrogen-bond donors (Lipinski definition) is 2. The summed E-state index contributed by atoms with van der Waals surface area (Å²) >= 11 is 12.0. The molecule has 0 spiro atoms. The topological polar surface area (TPSA) is 114 Å². The normalized spacial score (nSPS) is 22.3. The van der Waals surface area contributed by atoms with E-state index in [0.29, 0.717) is 34.5 Å². The SMILES string of the molecule is COP(OCCC(O)c1cc(Cl)cc(Cl)c1)OCC1CC(C)C(n2ccc3c(N)ncnc32)O1. The Bertz CT molecular complexity index is 1100. The van der Waals surface area contributed by atoms with E-state index in [9.17, 15) is 5.11 Å². The molecule has 3 N–H and O–H groups in total. The van der Waals surface area contributed by atoms with Crippen LogP contribution in [0.15, 0.2) is 36.8 Å². The predicted octanol–water partition coefficient (Wildman–Crippen LogP) is 5.27. The molecule has 5 atom stereocenters. The summed E-state index contributed by atoms with van der Waals surface area (Å²) in [5.41, 5.74) is 7.33. The van der Waals surface area contributed by atoms with E-state index < -0.39 is 14.7 Å². The first-order valence-electron chi connectivity index (χ1n) is 10.8. The van der Waals surface area contributed by atoms with Crippen molar-refractivity contribution in [1.82, 2.24) is 14.5 Å². The molecular weight excluding hydrogens is 502 g/mol. The van der Waals surface area contributed by atoms with Crippen LogP contribution in [0, 0.1) is 5.92 Å². The Morgan fingerprint density at radius 2 is 2.03 bits per heavy atom. The highest BCUT2D eigenvalue weighted by molar-refractivity contribution is 7.41. The molecule has 1 aliphatic heterocycles. The number of anilines is 1. The number of nitrogens with two attached hydrogens (primary N) is 1. The number of nitrogens with zero attached hydrogens (tertiary/aromatic N) is 3. The fraction of sp³-hybridized carbons (Fsp3) is 0.455. The molecule has 4 rings (SSSR count). The van der Waals surface area contributed by atoms with Gasteiger partial charge in [-0.2, -0.15) is 0 Å². The van der Waals surface area contributed by atoms with E-state index in [4.69, 9.17) is 47.2 Å². The molecule has 0 saturated carbocycles. The van der Waals surface area contributed by atoms with Crippen molar-refractivity contribution < 1.29 is 23.4 Å². The van der Waals surface area contributed by atoms with E-state index in [1.54, 1.807) is 18.2 Å². The Morgan fingerprint density at radius 3 is 2.76 bits per heavy atom. The maximum atomic E-state index is 10.4. The van der Waals surface area contributed by atoms with Crippen LogP contribution in [-0.4, -0.2) is 46.1 Å². The van der Waals surface area contributed by atoms with E-state index >= 15 is 0 Å². The van der Waals surface area contributed by atoms with Crippen LogP contribution in [0.4, 0.5) is 5.82 Å². The second-order valence-corrected chi connectivity index (χ2v) is 10.3. The highest BCUT2D eigenvalue weighted by Crippen LogP contribution is 2.42. The highest BCUT2D eigenvalue weighted by atomic mass is 35.5. The number of aromatic nitrogens is 3. The van der Waals surface area contributed by atoms with Crippen molar-refractivity contribution in [3.05, 3.63) is 52.4 Å². The molecule has 0 aliphatic carbocycles. The zero-order valence-electron chi connectivity index (χ0n) is 18.8. The molecule has 3 aromatic rings. The Hall–Kier alpha value is -1.55. The van der Waals surface area contributed by atoms with Crippen molar-refractivity contribution in [1.29, 1.82) is 0 Å². The van der Waals surface area contributed by atoms with Gasteiger partial charge in [-0.25, -0.2) is 9.97 Å². The van der Waals surface area contributed by atoms with E-state index in [-0.39, 0.29) is 24.9 Å². The second kappa shape index (κ2) is 11.5. The molecule has 0 bridgehead atoms. The van der Waals surface area contributed by atoms with Crippen LogP contribution in [0.3, 0.4) is 0 Å². The van der Waals surface area contributed by atoms with Crippen LogP contribution in [0.2, 0.25) is 10.0 Å². The largest absolute Gasteiger partial charge is 0.388 e. The minimum Gasteiger partial charge on any atom is -0.388 e. The van der Waals surface area contributed by atoms with Crippen molar-refractivity contribution in [2.45, 2.75) is 38.2 Å². The Balaban J connectivity index is 1.26. The van der Waals surface area contributed by atoms with E-state index in [1.807, 2.05) is 16.8 Å². The predicted molar refractivity (Wildman–Crippen MR) is 132 cm³/mol. The standard InChI is InChI=1S/C22H27Cl2N4O5P/c1-13-7-17(33-22(13)28-5-3-18-20(25)26-12-27-21(18)28)11-32-34(30-2)31-6-4-19(29)14-8-15(23)10-16(24)9-14/h3,5,8-10,12-13,17,19,22,29H,4,6-7,11H2,1-2H3,(H2,25,26,27). The average molecular weight is 529 g/mol. The number of halogens is 2. The molecule has 9 nitrogen and oxygen atoms in total. The summed E-state index contributed by atoms with van der Waals surface area (Å²) in [5, 5.41) is 12.1. The van der Waals surface area contributed by atoms with E-state index in [0.717, 1.165) is 17.5 Å². The van der Waals surface area contributed by atoms with Crippen LogP contribution < -0.4 is 5.73 Å². The number of aliphatic hydroxyl groups excluding tert-OH is 1. The summed E-state index contributed by atoms with van der Waals surface area (Å²) < 4.78 is 25.1. The van der Waals surface area contributed by atoms with Gasteiger partial charge in [0, 0.05) is 35.7 Å². The number of fused-ring (bicyclic) bond motifs is 1. The van der Waals surface area contributed by atoms with Gasteiger partial charge in [0.05, 0.1) is 30.8 Å². The van der Waals surface area contributed by atoms with E-state index in [1.165, 1.54) is 13.4 Å². The third-order valence-corrected chi connectivity index (χ3v) is 7.13. The molecule has 1 aromatic carbocycles. The molecule has 34 heavy (non-hydrogen) atoms. The van der Waals surface area contributed by atoms with Crippen molar-refractivity contribution in [3.8, 4) is 0 Å². The first kappa shape index (κ1) is 25.5. The smallest absolute Gasteiger partial charge is 0.332 e. The lowest BCUT2D eigenvalue weighted by Gasteiger charge is -2.20. The monoisotopic (exact) mass is 528 g/mol. The summed E-state index contributed by atoms with van der Waals surface area (Å²) in [6.07, 6.45) is 3.45. The fourth-order valence-electron chi connectivity index (χ4n) is 4.02. The van der Waals surface area contributed by atoms with E-state index in [2.05, 4.69) is 16.9 Å². The van der Waals surface area contributed by atoms with Crippen LogP contribution in [0.25, 0.3) is 11.0 Å². The molecular formula is C22H27Cl2N4O5P. The molecule has 5 unspecified atom stereocenters. The van der Waals surface area contributed by atoms with Crippen LogP contribution >= 0.6 is 31.8 Å². The van der Waals surface area contributed by atoms with Gasteiger partial charge in [-0.1, -0.05) is 30.1 Å². The summed E-state index contributed by atoms with van der Waals surface area (Å²) in [6.45, 7) is 2.69. The van der Waals surface area contributed by atoms with Crippen molar-refractivity contribution in [2.75, 3.05) is 26.1 Å². The lowest BCUT2D eigenvalue weighted by atomic mass is 10.1. The quantitative estimate of drug-likeness (QED) is 0.342. The Labute approximate surface area is 209 Å². The molecule has 1 aliphatic rings. The third kappa shape index (κ3) is 5.98. The highest BCUT2D eigenvalue weighted by Gasteiger charge is 2.35. The summed E-state index contributed by atoms with van der Waals surface area (Å²) in [4.78, 5) is 8.40. The molecule has 12 heteroatoms. The van der Waals surface area contributed by atoms with Gasteiger partial charge in [-0.3, -0.25) is 0 Å². The third-order valence-electron chi connectivity index (χ3n) is 5.64. The summed E-state index contributed by atoms with van der Waals surface area (Å²) in [7, 11) is -0.0562. The molecule has 3 heterocycles. The maximum Gasteiger partial charge on any atom is 0.332 e. The van der Waals surface area contributed by atoms with Crippen LogP contribution in [-0.2, 0) is 18.3 Å². The number of hydrogen-bond acceptors (Lipinski definition) is 8. The van der Waals surface area contributed by atoms with Gasteiger partial charge in [-0.15, -0.1) is 0 Å². The van der Waals surface area contributed by atoms with Gasteiger partial charge < -0.3 is 33.7 Å². The van der Waals surface area contributed by atoms with Crippen molar-refractivity contribution in [3.63, 3.8) is 0 Å².